The van der Waals surface area contributed by atoms with Gasteiger partial charge in [0.1, 0.15) is 6.61 Å². The Balaban J connectivity index is 2.64. The lowest BCUT2D eigenvalue weighted by molar-refractivity contribution is 0.0510. The van der Waals surface area contributed by atoms with E-state index >= 15 is 0 Å². The summed E-state index contributed by atoms with van der Waals surface area (Å²) in [4.78, 5) is 12.2. The summed E-state index contributed by atoms with van der Waals surface area (Å²) in [5, 5.41) is -0.362. The van der Waals surface area contributed by atoms with Gasteiger partial charge >= 0.3 is 5.97 Å². The van der Waals surface area contributed by atoms with Crippen LogP contribution in [0.25, 0.3) is 0 Å². The second-order valence-corrected chi connectivity index (χ2v) is 9.65. The van der Waals surface area contributed by atoms with Gasteiger partial charge in [0.15, 0.2) is 0 Å². The number of ether oxygens (including phenoxy) is 1. The van der Waals surface area contributed by atoms with E-state index in [1.165, 1.54) is 0 Å². The van der Waals surface area contributed by atoms with Crippen molar-refractivity contribution < 1.29 is 17.9 Å². The molecule has 0 aliphatic rings. The minimum atomic E-state index is -1.13. The molecule has 0 unspecified atom stereocenters. The van der Waals surface area contributed by atoms with Crippen LogP contribution in [-0.4, -0.2) is 43.5 Å². The molecule has 25 heavy (non-hydrogen) atoms. The van der Waals surface area contributed by atoms with Gasteiger partial charge < -0.3 is 4.74 Å². The Hall–Kier alpha value is -1.01. The van der Waals surface area contributed by atoms with Gasteiger partial charge in [0, 0.05) is 38.9 Å². The molecular weight excluding hydrogens is 356 g/mol. The SMILES string of the molecule is CCCC[S@@](=O)C[C@H](COC(=O)c1ccc(C)cc1)[S@](=O)CCCC. The van der Waals surface area contributed by atoms with E-state index in [1.807, 2.05) is 26.0 Å². The van der Waals surface area contributed by atoms with Crippen LogP contribution < -0.4 is 0 Å². The van der Waals surface area contributed by atoms with Crippen LogP contribution >= 0.6 is 0 Å². The highest BCUT2D eigenvalue weighted by molar-refractivity contribution is 7.89. The van der Waals surface area contributed by atoms with Crippen molar-refractivity contribution in [3.8, 4) is 0 Å². The van der Waals surface area contributed by atoms with Gasteiger partial charge in [-0.1, -0.05) is 44.4 Å². The lowest BCUT2D eigenvalue weighted by Crippen LogP contribution is -2.31. The molecule has 0 radical (unpaired) electrons. The van der Waals surface area contributed by atoms with Crippen molar-refractivity contribution in [3.05, 3.63) is 35.4 Å². The maximum Gasteiger partial charge on any atom is 0.338 e. The van der Waals surface area contributed by atoms with Crippen molar-refractivity contribution in [2.45, 2.75) is 51.7 Å². The molecule has 0 saturated carbocycles. The van der Waals surface area contributed by atoms with Crippen molar-refractivity contribution in [1.82, 2.24) is 0 Å². The van der Waals surface area contributed by atoms with Crippen LogP contribution in [0.1, 0.15) is 55.5 Å². The van der Waals surface area contributed by atoms with Gasteiger partial charge in [-0.05, 0) is 31.9 Å². The molecular formula is C19H30O4S2. The number of hydrogen-bond acceptors (Lipinski definition) is 4. The monoisotopic (exact) mass is 386 g/mol. The van der Waals surface area contributed by atoms with Crippen LogP contribution in [0.15, 0.2) is 24.3 Å². The van der Waals surface area contributed by atoms with E-state index in [9.17, 15) is 13.2 Å². The van der Waals surface area contributed by atoms with E-state index in [2.05, 4.69) is 6.92 Å². The highest BCUT2D eigenvalue weighted by atomic mass is 32.2. The van der Waals surface area contributed by atoms with Crippen molar-refractivity contribution >= 4 is 27.6 Å². The van der Waals surface area contributed by atoms with Crippen molar-refractivity contribution in [2.75, 3.05) is 23.9 Å². The summed E-state index contributed by atoms with van der Waals surface area (Å²) in [5.74, 6) is 1.09. The lowest BCUT2D eigenvalue weighted by atomic mass is 10.1. The Morgan fingerprint density at radius 3 is 2.24 bits per heavy atom. The van der Waals surface area contributed by atoms with Crippen molar-refractivity contribution in [2.24, 2.45) is 0 Å². The molecule has 0 aromatic heterocycles. The number of carbonyl (C=O) groups is 1. The third kappa shape index (κ3) is 8.77. The zero-order valence-electron chi connectivity index (χ0n) is 15.5. The number of esters is 1. The molecule has 0 aliphatic heterocycles. The summed E-state index contributed by atoms with van der Waals surface area (Å²) in [6.45, 7) is 6.11. The van der Waals surface area contributed by atoms with Crippen molar-refractivity contribution in [3.63, 3.8) is 0 Å². The van der Waals surface area contributed by atoms with Crippen LogP contribution in [-0.2, 0) is 26.3 Å². The standard InChI is InChI=1S/C19H30O4S2/c1-4-6-12-24(21)15-18(25(22)13-7-5-2)14-23-19(20)17-10-8-16(3)9-11-17/h8-11,18H,4-7,12-15H2,1-3H3/t18-,24+,25+/m0/s1. The van der Waals surface area contributed by atoms with E-state index in [1.54, 1.807) is 12.1 Å². The maximum absolute atomic E-state index is 12.5. The van der Waals surface area contributed by atoms with Gasteiger partial charge in [-0.15, -0.1) is 0 Å². The van der Waals surface area contributed by atoms with E-state index in [4.69, 9.17) is 4.74 Å². The van der Waals surface area contributed by atoms with Gasteiger partial charge in [0.2, 0.25) is 0 Å². The van der Waals surface area contributed by atoms with Gasteiger partial charge in [-0.3, -0.25) is 8.42 Å². The number of carbonyl (C=O) groups excluding carboxylic acids is 1. The second-order valence-electron chi connectivity index (χ2n) is 6.19. The molecule has 0 saturated heterocycles. The fraction of sp³-hybridized carbons (Fsp3) is 0.632. The molecule has 4 nitrogen and oxygen atoms in total. The number of aryl methyl sites for hydroxylation is 1. The molecule has 0 aliphatic carbocycles. The predicted octanol–water partition coefficient (Wildman–Crippen LogP) is 3.62. The summed E-state index contributed by atoms with van der Waals surface area (Å²) in [7, 11) is -2.15. The zero-order valence-corrected chi connectivity index (χ0v) is 17.1. The smallest absolute Gasteiger partial charge is 0.338 e. The van der Waals surface area contributed by atoms with Crippen LogP contribution in [0, 0.1) is 6.92 Å². The minimum Gasteiger partial charge on any atom is -0.461 e. The Morgan fingerprint density at radius 2 is 1.64 bits per heavy atom. The fourth-order valence-corrected chi connectivity index (χ4v) is 5.67. The van der Waals surface area contributed by atoms with Gasteiger partial charge in [0.05, 0.1) is 10.8 Å². The molecule has 0 spiro atoms. The number of unbranched alkanes of at least 4 members (excludes halogenated alkanes) is 2. The fourth-order valence-electron chi connectivity index (χ4n) is 2.19. The Bertz CT molecular complexity index is 569. The lowest BCUT2D eigenvalue weighted by Gasteiger charge is -2.16. The first-order valence-electron chi connectivity index (χ1n) is 8.93. The Kier molecular flexibility index (Phi) is 10.9. The normalized spacial score (nSPS) is 14.7. The van der Waals surface area contributed by atoms with E-state index in [0.717, 1.165) is 31.2 Å². The highest BCUT2D eigenvalue weighted by Crippen LogP contribution is 2.09. The van der Waals surface area contributed by atoms with E-state index in [0.29, 0.717) is 22.8 Å². The molecule has 0 N–H and O–H groups in total. The quantitative estimate of drug-likeness (QED) is 0.515. The molecule has 142 valence electrons. The summed E-state index contributed by atoms with van der Waals surface area (Å²) in [5.41, 5.74) is 1.55. The van der Waals surface area contributed by atoms with E-state index in [-0.39, 0.29) is 11.9 Å². The maximum atomic E-state index is 12.5. The Labute approximate surface area is 156 Å². The molecule has 1 aromatic rings. The largest absolute Gasteiger partial charge is 0.461 e. The molecule has 6 heteroatoms. The molecule has 0 heterocycles. The van der Waals surface area contributed by atoms with Crippen LogP contribution in [0.5, 0.6) is 0 Å². The predicted molar refractivity (Wildman–Crippen MR) is 106 cm³/mol. The summed E-state index contributed by atoms with van der Waals surface area (Å²) in [6.07, 6.45) is 3.69. The summed E-state index contributed by atoms with van der Waals surface area (Å²) in [6, 6.07) is 7.15. The third-order valence-corrected chi connectivity index (χ3v) is 7.32. The van der Waals surface area contributed by atoms with Gasteiger partial charge in [0.25, 0.3) is 0 Å². The van der Waals surface area contributed by atoms with Crippen LogP contribution in [0.4, 0.5) is 0 Å². The summed E-state index contributed by atoms with van der Waals surface area (Å²) >= 11 is 0. The average Bonchev–Trinajstić information content (AvgIpc) is 2.61. The highest BCUT2D eigenvalue weighted by Gasteiger charge is 2.22. The molecule has 1 aromatic carbocycles. The number of benzene rings is 1. The molecule has 0 amide bonds. The topological polar surface area (TPSA) is 60.4 Å². The average molecular weight is 387 g/mol. The zero-order chi connectivity index (χ0) is 18.7. The number of rotatable bonds is 12. The van der Waals surface area contributed by atoms with Crippen molar-refractivity contribution in [1.29, 1.82) is 0 Å². The van der Waals surface area contributed by atoms with Crippen LogP contribution in [0.2, 0.25) is 0 Å². The van der Waals surface area contributed by atoms with Gasteiger partial charge in [-0.25, -0.2) is 4.79 Å². The third-order valence-electron chi connectivity index (χ3n) is 3.86. The molecule has 1 rings (SSSR count). The first-order chi connectivity index (χ1) is 12.0. The molecule has 0 fully saturated rings. The Morgan fingerprint density at radius 1 is 1.04 bits per heavy atom. The van der Waals surface area contributed by atoms with Crippen LogP contribution in [0.3, 0.4) is 0 Å². The molecule has 3 atom stereocenters. The number of hydrogen-bond donors (Lipinski definition) is 0. The first kappa shape index (κ1) is 22.0. The molecule has 0 bridgehead atoms. The van der Waals surface area contributed by atoms with Gasteiger partial charge in [-0.2, -0.15) is 0 Å². The second kappa shape index (κ2) is 12.4. The first-order valence-corrected chi connectivity index (χ1v) is 11.8. The minimum absolute atomic E-state index is 0.0564. The summed E-state index contributed by atoms with van der Waals surface area (Å²) < 4.78 is 30.0. The van der Waals surface area contributed by atoms with E-state index < -0.39 is 27.6 Å².